The average molecular weight is 878 g/mol. The second-order valence-corrected chi connectivity index (χ2v) is 15.8. The van der Waals surface area contributed by atoms with E-state index in [1.54, 1.807) is 13.8 Å². The van der Waals surface area contributed by atoms with Crippen molar-refractivity contribution < 1.29 is 43.9 Å². The molecular formula is C43H91N9O9. The van der Waals surface area contributed by atoms with E-state index < -0.39 is 0 Å². The summed E-state index contributed by atoms with van der Waals surface area (Å²) >= 11 is 0. The molecule has 0 saturated heterocycles. The minimum Gasteiger partial charge on any atom is -0.463 e. The van der Waals surface area contributed by atoms with E-state index in [0.29, 0.717) is 32.7 Å². The van der Waals surface area contributed by atoms with Crippen LogP contribution in [0.3, 0.4) is 0 Å². The van der Waals surface area contributed by atoms with E-state index in [2.05, 4.69) is 60.4 Å². The number of carbonyl (C=O) groups is 3. The minimum absolute atomic E-state index is 0.000119. The van der Waals surface area contributed by atoms with Crippen molar-refractivity contribution in [3.63, 3.8) is 0 Å². The molecule has 0 aromatic rings. The largest absolute Gasteiger partial charge is 0.463 e. The van der Waals surface area contributed by atoms with Crippen LogP contribution >= 0.6 is 0 Å². The third-order valence-electron chi connectivity index (χ3n) is 10.1. The third kappa shape index (κ3) is 36.0. The molecule has 3 atom stereocenters. The Morgan fingerprint density at radius 2 is 0.721 bits per heavy atom. The van der Waals surface area contributed by atoms with Crippen LogP contribution in [0.15, 0.2) is 0 Å². The average Bonchev–Trinajstić information content (AvgIpc) is 3.26. The van der Waals surface area contributed by atoms with E-state index in [9.17, 15) is 14.4 Å². The summed E-state index contributed by atoms with van der Waals surface area (Å²) in [7, 11) is 0. The lowest BCUT2D eigenvalue weighted by Gasteiger charge is -2.29. The molecule has 0 aliphatic heterocycles. The van der Waals surface area contributed by atoms with Crippen LogP contribution in [0.1, 0.15) is 66.7 Å². The van der Waals surface area contributed by atoms with Gasteiger partial charge < -0.3 is 66.3 Å². The molecule has 0 aromatic carbocycles. The number of esters is 3. The number of carbonyl (C=O) groups excluding carboxylic acids is 3. The fraction of sp³-hybridized carbons (Fsp3) is 0.930. The molecule has 9 N–H and O–H groups in total. The number of aliphatic hydroxyl groups is 3. The molecule has 0 aliphatic rings. The molecule has 18 nitrogen and oxygen atoms in total. The van der Waals surface area contributed by atoms with Crippen LogP contribution in [0.5, 0.6) is 0 Å². The summed E-state index contributed by atoms with van der Waals surface area (Å²) < 4.78 is 15.2. The van der Waals surface area contributed by atoms with Gasteiger partial charge in [0.15, 0.2) is 0 Å². The molecule has 0 aromatic heterocycles. The molecule has 0 spiro atoms. The SMILES string of the molecule is CCCCNCCCN(CCCNCCC)CCN(CCNCCN(CCNCC(C)C(=O)OCCO)CCNCC(C)C(=O)OCCO)CCNCC(C)C(=O)OCCO. The Kier molecular flexibility index (Phi) is 41.7. The maximum absolute atomic E-state index is 12.2. The van der Waals surface area contributed by atoms with Crippen molar-refractivity contribution in [3.05, 3.63) is 0 Å². The first-order chi connectivity index (χ1) is 29.6. The van der Waals surface area contributed by atoms with Crippen LogP contribution in [0.25, 0.3) is 0 Å². The molecule has 0 amide bonds. The standard InChI is InChI=1S/C43H91N9O9/c1-6-8-12-45-14-10-21-50(20-9-13-44-11-7-2)27-28-52(26-19-49-37-40(5)43(58)61-34-31-55)23-16-46-15-22-51(24-17-47-35-38(3)41(56)59-32-29-53)25-18-48-36-39(4)42(57)60-33-30-54/h38-40,44-49,53-55H,6-37H2,1-5H3. The van der Waals surface area contributed by atoms with Crippen LogP contribution in [0.2, 0.25) is 0 Å². The van der Waals surface area contributed by atoms with Gasteiger partial charge >= 0.3 is 17.9 Å². The maximum Gasteiger partial charge on any atom is 0.310 e. The van der Waals surface area contributed by atoms with Gasteiger partial charge in [-0.25, -0.2) is 0 Å². The van der Waals surface area contributed by atoms with Crippen molar-refractivity contribution in [1.29, 1.82) is 0 Å². The van der Waals surface area contributed by atoms with Crippen LogP contribution < -0.4 is 31.9 Å². The molecule has 18 heteroatoms. The molecule has 0 fully saturated rings. The Hall–Kier alpha value is -2.07. The van der Waals surface area contributed by atoms with E-state index in [1.165, 1.54) is 12.8 Å². The summed E-state index contributed by atoms with van der Waals surface area (Å²) in [4.78, 5) is 43.9. The summed E-state index contributed by atoms with van der Waals surface area (Å²) in [6.07, 6.45) is 5.77. The lowest BCUT2D eigenvalue weighted by Crippen LogP contribution is -2.44. The van der Waals surface area contributed by atoms with Gasteiger partial charge in [0.25, 0.3) is 0 Å². The van der Waals surface area contributed by atoms with Crippen LogP contribution in [0.4, 0.5) is 0 Å². The molecule has 61 heavy (non-hydrogen) atoms. The van der Waals surface area contributed by atoms with Gasteiger partial charge in [0.05, 0.1) is 37.6 Å². The van der Waals surface area contributed by atoms with Crippen molar-refractivity contribution in [1.82, 2.24) is 46.6 Å². The zero-order chi connectivity index (χ0) is 45.2. The van der Waals surface area contributed by atoms with Crippen molar-refractivity contribution in [3.8, 4) is 0 Å². The van der Waals surface area contributed by atoms with Crippen molar-refractivity contribution >= 4 is 17.9 Å². The smallest absolute Gasteiger partial charge is 0.310 e. The number of aliphatic hydroxyl groups excluding tert-OH is 3. The van der Waals surface area contributed by atoms with E-state index in [1.807, 2.05) is 6.92 Å². The van der Waals surface area contributed by atoms with Gasteiger partial charge in [0.2, 0.25) is 0 Å². The highest BCUT2D eigenvalue weighted by Gasteiger charge is 2.17. The van der Waals surface area contributed by atoms with Gasteiger partial charge in [-0.1, -0.05) is 41.0 Å². The van der Waals surface area contributed by atoms with Crippen molar-refractivity contribution in [2.45, 2.75) is 66.7 Å². The summed E-state index contributed by atoms with van der Waals surface area (Å²) in [5.74, 6) is -1.93. The number of hydrogen-bond donors (Lipinski definition) is 9. The monoisotopic (exact) mass is 878 g/mol. The van der Waals surface area contributed by atoms with Crippen LogP contribution in [-0.4, -0.2) is 225 Å². The quantitative estimate of drug-likeness (QED) is 0.0202. The van der Waals surface area contributed by atoms with Crippen LogP contribution in [0, 0.1) is 17.8 Å². The second kappa shape index (κ2) is 43.2. The molecule has 0 heterocycles. The zero-order valence-corrected chi connectivity index (χ0v) is 39.0. The minimum atomic E-state index is -0.334. The summed E-state index contributed by atoms with van der Waals surface area (Å²) in [5, 5.41) is 47.9. The molecule has 3 unspecified atom stereocenters. The van der Waals surface area contributed by atoms with Crippen molar-refractivity contribution in [2.24, 2.45) is 17.8 Å². The Morgan fingerprint density at radius 3 is 1.08 bits per heavy atom. The van der Waals surface area contributed by atoms with Crippen molar-refractivity contribution in [2.75, 3.05) is 177 Å². The number of ether oxygens (including phenoxy) is 3. The number of nitrogens with one attached hydrogen (secondary N) is 6. The van der Waals surface area contributed by atoms with Crippen LogP contribution in [-0.2, 0) is 28.6 Å². The maximum atomic E-state index is 12.2. The van der Waals surface area contributed by atoms with E-state index in [4.69, 9.17) is 29.5 Å². The molecule has 0 radical (unpaired) electrons. The van der Waals surface area contributed by atoms with Gasteiger partial charge in [-0.3, -0.25) is 24.2 Å². The predicted molar refractivity (Wildman–Crippen MR) is 243 cm³/mol. The number of rotatable bonds is 46. The van der Waals surface area contributed by atoms with Gasteiger partial charge in [-0.15, -0.1) is 0 Å². The molecule has 0 bridgehead atoms. The highest BCUT2D eigenvalue weighted by atomic mass is 16.5. The fourth-order valence-corrected chi connectivity index (χ4v) is 6.25. The number of hydrogen-bond acceptors (Lipinski definition) is 18. The first kappa shape index (κ1) is 58.9. The number of unbranched alkanes of at least 4 members (excludes halogenated alkanes) is 1. The first-order valence-electron chi connectivity index (χ1n) is 23.4. The molecule has 0 aliphatic carbocycles. The number of nitrogens with zero attached hydrogens (tertiary/aromatic N) is 3. The summed E-state index contributed by atoms with van der Waals surface area (Å²) in [5.41, 5.74) is 0. The molecule has 0 saturated carbocycles. The zero-order valence-electron chi connectivity index (χ0n) is 39.0. The summed E-state index contributed by atoms with van der Waals surface area (Å²) in [6, 6.07) is 0. The van der Waals surface area contributed by atoms with Gasteiger partial charge in [0, 0.05) is 98.2 Å². The van der Waals surface area contributed by atoms with E-state index in [0.717, 1.165) is 124 Å². The Balaban J connectivity index is 5.36. The summed E-state index contributed by atoms with van der Waals surface area (Å²) in [6.45, 7) is 26.7. The normalized spacial score (nSPS) is 13.2. The third-order valence-corrected chi connectivity index (χ3v) is 10.1. The lowest BCUT2D eigenvalue weighted by atomic mass is 10.2. The molecule has 0 rings (SSSR count). The van der Waals surface area contributed by atoms with E-state index >= 15 is 0 Å². The lowest BCUT2D eigenvalue weighted by molar-refractivity contribution is -0.149. The second-order valence-electron chi connectivity index (χ2n) is 15.8. The molecular weight excluding hydrogens is 787 g/mol. The highest BCUT2D eigenvalue weighted by Crippen LogP contribution is 2.01. The van der Waals surface area contributed by atoms with Gasteiger partial charge in [-0.2, -0.15) is 0 Å². The highest BCUT2D eigenvalue weighted by molar-refractivity contribution is 5.73. The Morgan fingerprint density at radius 1 is 0.410 bits per heavy atom. The Bertz CT molecular complexity index is 990. The van der Waals surface area contributed by atoms with Gasteiger partial charge in [-0.05, 0) is 65.0 Å². The topological polar surface area (TPSA) is 221 Å². The Labute approximate surface area is 369 Å². The van der Waals surface area contributed by atoms with Gasteiger partial charge in [0.1, 0.15) is 19.8 Å². The predicted octanol–water partition coefficient (Wildman–Crippen LogP) is -1.06. The van der Waals surface area contributed by atoms with E-state index in [-0.39, 0.29) is 75.3 Å². The first-order valence-corrected chi connectivity index (χ1v) is 23.4. The molecule has 362 valence electrons. The fourth-order valence-electron chi connectivity index (χ4n) is 6.25.